The number of anilines is 1. The van der Waals surface area contributed by atoms with Gasteiger partial charge in [0.1, 0.15) is 5.75 Å². The summed E-state index contributed by atoms with van der Waals surface area (Å²) in [5.74, 6) is -0.459. The number of hydrogen-bond donors (Lipinski definition) is 2. The molecule has 1 aliphatic heterocycles. The molecule has 0 aliphatic carbocycles. The molecule has 2 rings (SSSR count). The summed E-state index contributed by atoms with van der Waals surface area (Å²) in [4.78, 5) is 13.5. The van der Waals surface area contributed by atoms with Crippen molar-refractivity contribution in [2.45, 2.75) is 13.3 Å². The van der Waals surface area contributed by atoms with Crippen molar-refractivity contribution in [1.29, 1.82) is 0 Å². The van der Waals surface area contributed by atoms with E-state index in [-0.39, 0.29) is 29.7 Å². The lowest BCUT2D eigenvalue weighted by Crippen LogP contribution is -2.27. The Morgan fingerprint density at radius 1 is 1.47 bits per heavy atom. The zero-order valence-corrected chi connectivity index (χ0v) is 11.4. The van der Waals surface area contributed by atoms with Gasteiger partial charge in [-0.25, -0.2) is 13.6 Å². The highest BCUT2D eigenvalue weighted by Crippen LogP contribution is 2.30. The van der Waals surface area contributed by atoms with Crippen molar-refractivity contribution in [2.24, 2.45) is 11.1 Å². The molecule has 1 amide bonds. The predicted octanol–water partition coefficient (Wildman–Crippen LogP) is 0.342. The highest BCUT2D eigenvalue weighted by molar-refractivity contribution is 7.89. The first-order chi connectivity index (χ1) is 8.76. The third-order valence-electron chi connectivity index (χ3n) is 3.14. The lowest BCUT2D eigenvalue weighted by Gasteiger charge is -2.19. The zero-order valence-electron chi connectivity index (χ0n) is 10.5. The predicted molar refractivity (Wildman–Crippen MR) is 71.3 cm³/mol. The van der Waals surface area contributed by atoms with Crippen LogP contribution in [-0.2, 0) is 14.8 Å². The first kappa shape index (κ1) is 13.8. The van der Waals surface area contributed by atoms with Gasteiger partial charge in [0, 0.05) is 24.6 Å². The standard InChI is InChI=1S/C12H16N2O4S/c1-8-4-10(15)2-3-11(8)14-6-9(5-12(14)16)7-19(13,17)18/h2-4,9,15H,5-7H2,1H3,(H2,13,17,18). The van der Waals surface area contributed by atoms with Gasteiger partial charge in [0.15, 0.2) is 0 Å². The SMILES string of the molecule is Cc1cc(O)ccc1N1CC(CS(N)(=O)=O)CC1=O. The van der Waals surface area contributed by atoms with Crippen LogP contribution in [-0.4, -0.2) is 31.7 Å². The van der Waals surface area contributed by atoms with Gasteiger partial charge in [-0.2, -0.15) is 0 Å². The summed E-state index contributed by atoms with van der Waals surface area (Å²) in [5.41, 5.74) is 1.46. The topological polar surface area (TPSA) is 101 Å². The fourth-order valence-electron chi connectivity index (χ4n) is 2.40. The van der Waals surface area contributed by atoms with Crippen LogP contribution in [0.5, 0.6) is 5.75 Å². The molecule has 104 valence electrons. The number of phenolic OH excluding ortho intramolecular Hbond substituents is 1. The van der Waals surface area contributed by atoms with Crippen molar-refractivity contribution < 1.29 is 18.3 Å². The summed E-state index contributed by atoms with van der Waals surface area (Å²) < 4.78 is 22.1. The number of amides is 1. The molecule has 19 heavy (non-hydrogen) atoms. The fraction of sp³-hybridized carbons (Fsp3) is 0.417. The molecule has 7 heteroatoms. The molecule has 3 N–H and O–H groups in total. The Morgan fingerprint density at radius 3 is 2.74 bits per heavy atom. The monoisotopic (exact) mass is 284 g/mol. The first-order valence-corrected chi connectivity index (χ1v) is 7.58. The number of carbonyl (C=O) groups is 1. The maximum absolute atomic E-state index is 11.9. The molecule has 0 aromatic heterocycles. The quantitative estimate of drug-likeness (QED) is 0.835. The number of aryl methyl sites for hydroxylation is 1. The number of hydrogen-bond acceptors (Lipinski definition) is 4. The number of benzene rings is 1. The van der Waals surface area contributed by atoms with Crippen molar-refractivity contribution in [3.05, 3.63) is 23.8 Å². The van der Waals surface area contributed by atoms with Gasteiger partial charge in [0.2, 0.25) is 15.9 Å². The van der Waals surface area contributed by atoms with Crippen molar-refractivity contribution in [2.75, 3.05) is 17.2 Å². The van der Waals surface area contributed by atoms with Crippen LogP contribution in [0.25, 0.3) is 0 Å². The van der Waals surface area contributed by atoms with Crippen molar-refractivity contribution in [1.82, 2.24) is 0 Å². The summed E-state index contributed by atoms with van der Waals surface area (Å²) >= 11 is 0. The van der Waals surface area contributed by atoms with Crippen LogP contribution in [0.15, 0.2) is 18.2 Å². The minimum Gasteiger partial charge on any atom is -0.508 e. The van der Waals surface area contributed by atoms with Crippen molar-refractivity contribution >= 4 is 21.6 Å². The molecular weight excluding hydrogens is 268 g/mol. The second kappa shape index (κ2) is 4.82. The molecular formula is C12H16N2O4S. The smallest absolute Gasteiger partial charge is 0.227 e. The number of primary sulfonamides is 1. The molecule has 1 aliphatic rings. The molecule has 6 nitrogen and oxygen atoms in total. The van der Waals surface area contributed by atoms with E-state index in [0.29, 0.717) is 12.2 Å². The van der Waals surface area contributed by atoms with Gasteiger partial charge in [-0.1, -0.05) is 0 Å². The molecule has 1 saturated heterocycles. The molecule has 0 spiro atoms. The summed E-state index contributed by atoms with van der Waals surface area (Å²) in [7, 11) is -3.57. The van der Waals surface area contributed by atoms with Crippen molar-refractivity contribution in [3.8, 4) is 5.75 Å². The van der Waals surface area contributed by atoms with Gasteiger partial charge in [0.25, 0.3) is 0 Å². The summed E-state index contributed by atoms with van der Waals surface area (Å²) in [6.45, 7) is 2.12. The van der Waals surface area contributed by atoms with Crippen LogP contribution in [0.4, 0.5) is 5.69 Å². The minimum absolute atomic E-state index is 0.123. The van der Waals surface area contributed by atoms with Gasteiger partial charge < -0.3 is 10.0 Å². The third-order valence-corrected chi connectivity index (χ3v) is 4.08. The lowest BCUT2D eigenvalue weighted by atomic mass is 10.1. The Morgan fingerprint density at radius 2 is 2.16 bits per heavy atom. The van der Waals surface area contributed by atoms with Crippen molar-refractivity contribution in [3.63, 3.8) is 0 Å². The van der Waals surface area contributed by atoms with Gasteiger partial charge in [0.05, 0.1) is 5.75 Å². The van der Waals surface area contributed by atoms with Gasteiger partial charge >= 0.3 is 0 Å². The average Bonchev–Trinajstić information content (AvgIpc) is 2.56. The van der Waals surface area contributed by atoms with E-state index in [2.05, 4.69) is 0 Å². The number of aromatic hydroxyl groups is 1. The minimum atomic E-state index is -3.57. The summed E-state index contributed by atoms with van der Waals surface area (Å²) in [6, 6.07) is 4.72. The maximum Gasteiger partial charge on any atom is 0.227 e. The van der Waals surface area contributed by atoms with Crippen LogP contribution >= 0.6 is 0 Å². The number of nitrogens with zero attached hydrogens (tertiary/aromatic N) is 1. The molecule has 0 saturated carbocycles. The van der Waals surface area contributed by atoms with E-state index in [0.717, 1.165) is 5.56 Å². The van der Waals surface area contributed by atoms with Gasteiger partial charge in [-0.15, -0.1) is 0 Å². The first-order valence-electron chi connectivity index (χ1n) is 5.87. The summed E-state index contributed by atoms with van der Waals surface area (Å²) in [5, 5.41) is 14.4. The zero-order chi connectivity index (χ0) is 14.2. The average molecular weight is 284 g/mol. The van der Waals surface area contributed by atoms with Crippen LogP contribution in [0.2, 0.25) is 0 Å². The van der Waals surface area contributed by atoms with Crippen LogP contribution in [0, 0.1) is 12.8 Å². The molecule has 1 fully saturated rings. The molecule has 1 atom stereocenters. The van der Waals surface area contributed by atoms with E-state index >= 15 is 0 Å². The summed E-state index contributed by atoms with van der Waals surface area (Å²) in [6.07, 6.45) is 0.177. The number of rotatable bonds is 3. The van der Waals surface area contributed by atoms with E-state index in [4.69, 9.17) is 5.14 Å². The molecule has 1 heterocycles. The van der Waals surface area contributed by atoms with Crippen LogP contribution < -0.4 is 10.0 Å². The molecule has 0 radical (unpaired) electrons. The van der Waals surface area contributed by atoms with E-state index in [1.54, 1.807) is 24.0 Å². The highest BCUT2D eigenvalue weighted by atomic mass is 32.2. The van der Waals surface area contributed by atoms with Gasteiger partial charge in [-0.05, 0) is 30.7 Å². The molecule has 1 unspecified atom stereocenters. The highest BCUT2D eigenvalue weighted by Gasteiger charge is 2.33. The Labute approximate surface area is 111 Å². The number of phenols is 1. The Hall–Kier alpha value is -1.60. The van der Waals surface area contributed by atoms with Crippen LogP contribution in [0.1, 0.15) is 12.0 Å². The molecule has 1 aromatic rings. The maximum atomic E-state index is 11.9. The molecule has 1 aromatic carbocycles. The Balaban J connectivity index is 2.20. The number of nitrogens with two attached hydrogens (primary N) is 1. The van der Waals surface area contributed by atoms with Gasteiger partial charge in [-0.3, -0.25) is 4.79 Å². The van der Waals surface area contributed by atoms with E-state index in [1.807, 2.05) is 0 Å². The second-order valence-electron chi connectivity index (χ2n) is 4.87. The number of sulfonamides is 1. The van der Waals surface area contributed by atoms with E-state index < -0.39 is 10.0 Å². The fourth-order valence-corrected chi connectivity index (χ4v) is 3.28. The Bertz CT molecular complexity index is 612. The van der Waals surface area contributed by atoms with E-state index in [9.17, 15) is 18.3 Å². The Kier molecular flexibility index (Phi) is 3.51. The largest absolute Gasteiger partial charge is 0.508 e. The number of carbonyl (C=O) groups excluding carboxylic acids is 1. The van der Waals surface area contributed by atoms with E-state index in [1.165, 1.54) is 6.07 Å². The lowest BCUT2D eigenvalue weighted by molar-refractivity contribution is -0.117. The normalized spacial score (nSPS) is 20.0. The molecule has 0 bridgehead atoms. The van der Waals surface area contributed by atoms with Crippen LogP contribution in [0.3, 0.4) is 0 Å². The second-order valence-corrected chi connectivity index (χ2v) is 6.53. The third kappa shape index (κ3) is 3.24.